The number of ether oxygens (including phenoxy) is 1. The molecule has 0 aromatic carbocycles. The van der Waals surface area contributed by atoms with Crippen molar-refractivity contribution < 1.29 is 9.53 Å². The van der Waals surface area contributed by atoms with Gasteiger partial charge in [0, 0.05) is 4.91 Å². The summed E-state index contributed by atoms with van der Waals surface area (Å²) in [5.74, 6) is -0.227. The highest BCUT2D eigenvalue weighted by molar-refractivity contribution is 6.01. The van der Waals surface area contributed by atoms with E-state index in [1.165, 1.54) is 0 Å². The minimum Gasteiger partial charge on any atom is -0.410 e. The van der Waals surface area contributed by atoms with Gasteiger partial charge in [-0.1, -0.05) is 5.11 Å². The molecule has 1 heterocycles. The number of rotatable bonds is 2. The molecule has 0 aromatic rings. The van der Waals surface area contributed by atoms with Crippen molar-refractivity contribution >= 4 is 11.9 Å². The van der Waals surface area contributed by atoms with Gasteiger partial charge >= 0.3 is 5.97 Å². The van der Waals surface area contributed by atoms with Crippen LogP contribution in [0.4, 0.5) is 0 Å². The van der Waals surface area contributed by atoms with Gasteiger partial charge in [-0.2, -0.15) is 0 Å². The summed E-state index contributed by atoms with van der Waals surface area (Å²) in [7, 11) is 0. The highest BCUT2D eigenvalue weighted by atomic mass is 16.6. The van der Waals surface area contributed by atoms with Crippen LogP contribution in [0.2, 0.25) is 0 Å². The average molecular weight is 182 g/mol. The van der Waals surface area contributed by atoms with Gasteiger partial charge in [0.15, 0.2) is 5.54 Å². The first-order valence-electron chi connectivity index (χ1n) is 3.83. The Kier molecular flexibility index (Phi) is 2.25. The number of nitrogens with zero attached hydrogens (tertiary/aromatic N) is 4. The summed E-state index contributed by atoms with van der Waals surface area (Å²) in [6.07, 6.45) is 0. The highest BCUT2D eigenvalue weighted by Gasteiger charge is 2.38. The molecule has 0 radical (unpaired) electrons. The summed E-state index contributed by atoms with van der Waals surface area (Å²) < 4.78 is 4.84. The average Bonchev–Trinajstić information content (AvgIpc) is 2.27. The van der Waals surface area contributed by atoms with E-state index in [4.69, 9.17) is 10.3 Å². The molecular weight excluding hydrogens is 172 g/mol. The second-order valence-corrected chi connectivity index (χ2v) is 3.28. The molecule has 1 aliphatic heterocycles. The van der Waals surface area contributed by atoms with E-state index < -0.39 is 17.6 Å². The van der Waals surface area contributed by atoms with E-state index >= 15 is 0 Å². The van der Waals surface area contributed by atoms with E-state index in [0.717, 1.165) is 0 Å². The van der Waals surface area contributed by atoms with E-state index in [-0.39, 0.29) is 5.90 Å². The predicted octanol–water partition coefficient (Wildman–Crippen LogP) is 1.42. The molecule has 0 aliphatic carbocycles. The molecule has 6 heteroatoms. The maximum absolute atomic E-state index is 11.1. The number of cyclic esters (lactones) is 1. The lowest BCUT2D eigenvalue weighted by Crippen LogP contribution is -2.25. The van der Waals surface area contributed by atoms with Crippen molar-refractivity contribution in [1.82, 2.24) is 0 Å². The smallest absolute Gasteiger partial charge is 0.340 e. The van der Waals surface area contributed by atoms with Gasteiger partial charge in [0.1, 0.15) is 6.04 Å². The molecule has 0 amide bonds. The number of esters is 1. The minimum atomic E-state index is -0.853. The number of aliphatic imine (C=N–C) groups is 1. The van der Waals surface area contributed by atoms with Gasteiger partial charge in [-0.05, 0) is 26.3 Å². The third-order valence-electron chi connectivity index (χ3n) is 1.67. The Bertz CT molecular complexity index is 314. The topological polar surface area (TPSA) is 87.4 Å². The molecule has 1 atom stereocenters. The Labute approximate surface area is 75.2 Å². The van der Waals surface area contributed by atoms with Gasteiger partial charge < -0.3 is 4.74 Å². The van der Waals surface area contributed by atoms with Gasteiger partial charge in [0.25, 0.3) is 0 Å². The SMILES string of the molecule is CC(N=[N+]=[N-])C1=NC(C)(C)C(=O)O1. The monoisotopic (exact) mass is 182 g/mol. The second-order valence-electron chi connectivity index (χ2n) is 3.28. The van der Waals surface area contributed by atoms with Crippen LogP contribution in [-0.2, 0) is 9.53 Å². The Morgan fingerprint density at radius 2 is 2.31 bits per heavy atom. The lowest BCUT2D eigenvalue weighted by Gasteiger charge is -2.05. The molecule has 6 nitrogen and oxygen atoms in total. The predicted molar refractivity (Wildman–Crippen MR) is 46.2 cm³/mol. The van der Waals surface area contributed by atoms with Crippen molar-refractivity contribution in [3.63, 3.8) is 0 Å². The summed E-state index contributed by atoms with van der Waals surface area (Å²) in [5, 5.41) is 3.38. The molecule has 0 saturated carbocycles. The second kappa shape index (κ2) is 3.06. The van der Waals surface area contributed by atoms with E-state index in [1.807, 2.05) is 0 Å². The highest BCUT2D eigenvalue weighted by Crippen LogP contribution is 2.20. The summed E-state index contributed by atoms with van der Waals surface area (Å²) in [5.41, 5.74) is 7.30. The molecule has 0 N–H and O–H groups in total. The molecule has 0 fully saturated rings. The fraction of sp³-hybridized carbons (Fsp3) is 0.714. The lowest BCUT2D eigenvalue weighted by molar-refractivity contribution is -0.138. The fourth-order valence-electron chi connectivity index (χ4n) is 0.869. The third-order valence-corrected chi connectivity index (χ3v) is 1.67. The van der Waals surface area contributed by atoms with Crippen LogP contribution >= 0.6 is 0 Å². The van der Waals surface area contributed by atoms with E-state index in [0.29, 0.717) is 0 Å². The third kappa shape index (κ3) is 1.78. The van der Waals surface area contributed by atoms with Crippen molar-refractivity contribution in [2.45, 2.75) is 32.4 Å². The van der Waals surface area contributed by atoms with E-state index in [2.05, 4.69) is 15.0 Å². The van der Waals surface area contributed by atoms with Gasteiger partial charge in [0.2, 0.25) is 5.90 Å². The van der Waals surface area contributed by atoms with E-state index in [9.17, 15) is 4.79 Å². The molecule has 1 aliphatic rings. The molecule has 0 saturated heterocycles. The Balaban J connectivity index is 2.87. The number of hydrogen-bond donors (Lipinski definition) is 0. The normalized spacial score (nSPS) is 21.5. The summed E-state index contributed by atoms with van der Waals surface area (Å²) in [6.45, 7) is 4.91. The zero-order valence-corrected chi connectivity index (χ0v) is 7.68. The first kappa shape index (κ1) is 9.54. The van der Waals surface area contributed by atoms with Crippen molar-refractivity contribution in [2.24, 2.45) is 10.1 Å². The summed E-state index contributed by atoms with van der Waals surface area (Å²) in [6, 6.07) is -0.532. The zero-order valence-electron chi connectivity index (χ0n) is 7.68. The molecule has 13 heavy (non-hydrogen) atoms. The lowest BCUT2D eigenvalue weighted by atomic mass is 10.1. The van der Waals surface area contributed by atoms with Crippen molar-refractivity contribution in [3.8, 4) is 0 Å². The van der Waals surface area contributed by atoms with Crippen molar-refractivity contribution in [2.75, 3.05) is 0 Å². The quantitative estimate of drug-likeness (QED) is 0.280. The first-order chi connectivity index (χ1) is 5.97. The molecule has 0 aromatic heterocycles. The van der Waals surface area contributed by atoms with E-state index in [1.54, 1.807) is 20.8 Å². The van der Waals surface area contributed by atoms with Crippen LogP contribution in [0.3, 0.4) is 0 Å². The minimum absolute atomic E-state index is 0.188. The van der Waals surface area contributed by atoms with Crippen LogP contribution in [0.15, 0.2) is 10.1 Å². The summed E-state index contributed by atoms with van der Waals surface area (Å²) >= 11 is 0. The van der Waals surface area contributed by atoms with Crippen molar-refractivity contribution in [1.29, 1.82) is 0 Å². The standard InChI is InChI=1S/C7H10N4O2/c1-4(10-11-8)5-9-7(2,3)6(12)13-5/h4H,1-3H3. The van der Waals surface area contributed by atoms with Crippen molar-refractivity contribution in [3.05, 3.63) is 10.4 Å². The number of hydrogen-bond acceptors (Lipinski definition) is 4. The first-order valence-corrected chi connectivity index (χ1v) is 3.83. The van der Waals surface area contributed by atoms with Crippen LogP contribution in [0.5, 0.6) is 0 Å². The largest absolute Gasteiger partial charge is 0.410 e. The molecule has 1 unspecified atom stereocenters. The van der Waals surface area contributed by atoms with Crippen LogP contribution in [-0.4, -0.2) is 23.4 Å². The van der Waals surface area contributed by atoms with Crippen LogP contribution in [0, 0.1) is 0 Å². The fourth-order valence-corrected chi connectivity index (χ4v) is 0.869. The van der Waals surface area contributed by atoms with Crippen LogP contribution in [0.25, 0.3) is 10.4 Å². The van der Waals surface area contributed by atoms with Crippen LogP contribution < -0.4 is 0 Å². The van der Waals surface area contributed by atoms with Crippen LogP contribution in [0.1, 0.15) is 20.8 Å². The Morgan fingerprint density at radius 3 is 2.69 bits per heavy atom. The molecular formula is C7H10N4O2. The molecule has 1 rings (SSSR count). The molecule has 70 valence electrons. The summed E-state index contributed by atoms with van der Waals surface area (Å²) in [4.78, 5) is 17.7. The maximum atomic E-state index is 11.1. The van der Waals surface area contributed by atoms with Gasteiger partial charge in [-0.15, -0.1) is 0 Å². The van der Waals surface area contributed by atoms with Gasteiger partial charge in [0.05, 0.1) is 0 Å². The maximum Gasteiger partial charge on any atom is 0.340 e. The Hall–Kier alpha value is -1.55. The number of azide groups is 1. The molecule has 0 bridgehead atoms. The Morgan fingerprint density at radius 1 is 1.69 bits per heavy atom. The molecule has 0 spiro atoms. The number of carbonyl (C=O) groups is 1. The number of carbonyl (C=O) groups excluding carboxylic acids is 1. The zero-order chi connectivity index (χ0) is 10.1. The van der Waals surface area contributed by atoms with Gasteiger partial charge in [-0.25, -0.2) is 9.79 Å². The van der Waals surface area contributed by atoms with Gasteiger partial charge in [-0.3, -0.25) is 0 Å².